The summed E-state index contributed by atoms with van der Waals surface area (Å²) in [6, 6.07) is 9.99. The SMILES string of the molecule is C=C=Cc1ccccc1.[C-]#[O+].[C-]#[O+].[C-]#[O+].[Cr]. The van der Waals surface area contributed by atoms with Crippen molar-refractivity contribution in [2.75, 3.05) is 0 Å². The second-order valence-electron chi connectivity index (χ2n) is 1.76. The Kier molecular flexibility index (Phi) is 43.7. The molecule has 0 spiro atoms. The molecule has 0 aliphatic rings. The minimum Gasteiger partial charge on any atom is 0 e. The molecule has 0 N–H and O–H groups in total. The summed E-state index contributed by atoms with van der Waals surface area (Å²) in [5, 5.41) is 0. The predicted molar refractivity (Wildman–Crippen MR) is 51.8 cm³/mol. The molecule has 80 valence electrons. The van der Waals surface area contributed by atoms with Gasteiger partial charge in [0.05, 0.1) is 0 Å². The van der Waals surface area contributed by atoms with Crippen LogP contribution in [0.2, 0.25) is 0 Å². The van der Waals surface area contributed by atoms with Crippen LogP contribution in [0.3, 0.4) is 0 Å². The predicted octanol–water partition coefficient (Wildman–Crippen LogP) is 2.37. The zero-order chi connectivity index (χ0) is 12.5. The van der Waals surface area contributed by atoms with Crippen LogP contribution < -0.4 is 0 Å². The first-order valence-electron chi connectivity index (χ1n) is 3.45. The van der Waals surface area contributed by atoms with Crippen LogP contribution >= 0.6 is 0 Å². The molecule has 0 fully saturated rings. The largest absolute Gasteiger partial charge is 0 e. The minimum absolute atomic E-state index is 0. The number of rotatable bonds is 1. The van der Waals surface area contributed by atoms with E-state index >= 15 is 0 Å². The topological polar surface area (TPSA) is 59.7 Å². The van der Waals surface area contributed by atoms with Gasteiger partial charge in [-0.15, -0.1) is 5.73 Å². The molecule has 0 bridgehead atoms. The summed E-state index contributed by atoms with van der Waals surface area (Å²) in [6.07, 6.45) is 1.85. The molecule has 0 aliphatic heterocycles. The van der Waals surface area contributed by atoms with Crippen LogP contribution in [-0.4, -0.2) is 0 Å². The molecule has 0 saturated heterocycles. The van der Waals surface area contributed by atoms with Gasteiger partial charge in [-0.2, -0.15) is 0 Å². The van der Waals surface area contributed by atoms with Gasteiger partial charge < -0.3 is 0 Å². The van der Waals surface area contributed by atoms with E-state index in [2.05, 4.69) is 32.3 Å². The van der Waals surface area contributed by atoms with Crippen LogP contribution in [-0.2, 0) is 31.3 Å². The average molecular weight is 252 g/mol. The number of hydrogen-bond acceptors (Lipinski definition) is 0. The molecule has 0 heterocycles. The van der Waals surface area contributed by atoms with Crippen LogP contribution in [0.1, 0.15) is 5.56 Å². The first-order chi connectivity index (χ1) is 7.43. The molecule has 4 heteroatoms. The Morgan fingerprint density at radius 1 is 0.938 bits per heavy atom. The third-order valence-corrected chi connectivity index (χ3v) is 1.07. The van der Waals surface area contributed by atoms with Crippen molar-refractivity contribution in [1.82, 2.24) is 0 Å². The summed E-state index contributed by atoms with van der Waals surface area (Å²) in [5.41, 5.74) is 3.85. The third-order valence-electron chi connectivity index (χ3n) is 1.07. The summed E-state index contributed by atoms with van der Waals surface area (Å²) in [5.74, 6) is 0. The molecule has 0 unspecified atom stereocenters. The summed E-state index contributed by atoms with van der Waals surface area (Å²) in [6.45, 7) is 17.0. The average Bonchev–Trinajstić information content (AvgIpc) is 2.38. The van der Waals surface area contributed by atoms with Gasteiger partial charge in [-0.1, -0.05) is 36.9 Å². The molecule has 1 aromatic rings. The molecular weight excluding hydrogens is 244 g/mol. The third kappa shape index (κ3) is 18.3. The Morgan fingerprint density at radius 2 is 1.31 bits per heavy atom. The molecule has 1 aromatic carbocycles. The summed E-state index contributed by atoms with van der Waals surface area (Å²) >= 11 is 0. The Hall–Kier alpha value is -1.51. The van der Waals surface area contributed by atoms with E-state index in [4.69, 9.17) is 14.0 Å². The van der Waals surface area contributed by atoms with Crippen LogP contribution in [0.15, 0.2) is 42.6 Å². The van der Waals surface area contributed by atoms with Crippen LogP contribution in [0.25, 0.3) is 6.08 Å². The van der Waals surface area contributed by atoms with Crippen molar-refractivity contribution in [3.05, 3.63) is 68.2 Å². The normalized spacial score (nSPS) is 4.88. The summed E-state index contributed by atoms with van der Waals surface area (Å²) < 4.78 is 22.5. The van der Waals surface area contributed by atoms with Crippen molar-refractivity contribution in [3.63, 3.8) is 0 Å². The smallest absolute Gasteiger partial charge is 0 e. The maximum absolute atomic E-state index is 7.50. The Labute approximate surface area is 106 Å². The van der Waals surface area contributed by atoms with Crippen LogP contribution in [0.4, 0.5) is 0 Å². The molecule has 0 atom stereocenters. The van der Waals surface area contributed by atoms with E-state index in [1.807, 2.05) is 36.4 Å². The van der Waals surface area contributed by atoms with Gasteiger partial charge in [0.25, 0.3) is 0 Å². The fraction of sp³-hybridized carbons (Fsp3) is 0. The number of hydrogen-bond donors (Lipinski definition) is 0. The van der Waals surface area contributed by atoms with Gasteiger partial charge >= 0.3 is 33.9 Å². The van der Waals surface area contributed by atoms with E-state index in [-0.39, 0.29) is 17.4 Å². The zero-order valence-corrected chi connectivity index (χ0v) is 9.58. The Morgan fingerprint density at radius 3 is 1.62 bits per heavy atom. The van der Waals surface area contributed by atoms with Gasteiger partial charge in [0.2, 0.25) is 0 Å². The van der Waals surface area contributed by atoms with Gasteiger partial charge in [0, 0.05) is 17.4 Å². The molecule has 16 heavy (non-hydrogen) atoms. The van der Waals surface area contributed by atoms with Crippen LogP contribution in [0.5, 0.6) is 0 Å². The monoisotopic (exact) mass is 252 g/mol. The molecule has 0 radical (unpaired) electrons. The van der Waals surface area contributed by atoms with Gasteiger partial charge in [-0.25, -0.2) is 0 Å². The fourth-order valence-electron chi connectivity index (χ4n) is 0.667. The fourth-order valence-corrected chi connectivity index (χ4v) is 0.667. The van der Waals surface area contributed by atoms with Crippen molar-refractivity contribution in [2.24, 2.45) is 0 Å². The van der Waals surface area contributed by atoms with Crippen molar-refractivity contribution in [1.29, 1.82) is 0 Å². The van der Waals surface area contributed by atoms with E-state index in [0.717, 1.165) is 5.56 Å². The van der Waals surface area contributed by atoms with E-state index in [1.165, 1.54) is 0 Å². The molecule has 0 saturated carbocycles. The quantitative estimate of drug-likeness (QED) is 0.418. The van der Waals surface area contributed by atoms with E-state index in [0.29, 0.717) is 0 Å². The van der Waals surface area contributed by atoms with Gasteiger partial charge in [0.1, 0.15) is 0 Å². The second kappa shape index (κ2) is 29.2. The zero-order valence-electron chi connectivity index (χ0n) is 8.30. The Bertz CT molecular complexity index is 318. The van der Waals surface area contributed by atoms with E-state index in [1.54, 1.807) is 0 Å². The van der Waals surface area contributed by atoms with Crippen LogP contribution in [0, 0.1) is 20.0 Å². The van der Waals surface area contributed by atoms with E-state index < -0.39 is 0 Å². The first kappa shape index (κ1) is 24.0. The minimum atomic E-state index is 0. The second-order valence-corrected chi connectivity index (χ2v) is 1.76. The van der Waals surface area contributed by atoms with Crippen molar-refractivity contribution >= 4 is 6.08 Å². The molecule has 0 aromatic heterocycles. The molecular formula is C12H8CrO3. The van der Waals surface area contributed by atoms with Gasteiger partial charge in [0.15, 0.2) is 0 Å². The van der Waals surface area contributed by atoms with Gasteiger partial charge in [-0.3, -0.25) is 0 Å². The molecule has 1 rings (SSSR count). The standard InChI is InChI=1S/C9H8.3CO.Cr/c1-2-6-9-7-4-3-5-8-9;3*1-2;/h3-8H,1H2;;;;. The summed E-state index contributed by atoms with van der Waals surface area (Å²) in [4.78, 5) is 0. The van der Waals surface area contributed by atoms with Crippen molar-refractivity contribution < 1.29 is 31.3 Å². The summed E-state index contributed by atoms with van der Waals surface area (Å²) in [7, 11) is 0. The van der Waals surface area contributed by atoms with Gasteiger partial charge in [-0.05, 0) is 11.6 Å². The maximum atomic E-state index is 7.50. The van der Waals surface area contributed by atoms with Crippen molar-refractivity contribution in [2.45, 2.75) is 0 Å². The first-order valence-corrected chi connectivity index (χ1v) is 3.45. The molecule has 0 aliphatic carbocycles. The van der Waals surface area contributed by atoms with E-state index in [9.17, 15) is 0 Å². The van der Waals surface area contributed by atoms with Crippen molar-refractivity contribution in [3.8, 4) is 0 Å². The molecule has 3 nitrogen and oxygen atoms in total. The number of benzene rings is 1. The Balaban J connectivity index is -0.0000000900. The molecule has 0 amide bonds. The maximum Gasteiger partial charge on any atom is 0 e.